The molecule has 3 aromatic rings. The Kier molecular flexibility index (Phi) is 5.67. The van der Waals surface area contributed by atoms with Crippen molar-refractivity contribution >= 4 is 28.5 Å². The Bertz CT molecular complexity index is 1230. The van der Waals surface area contributed by atoms with Crippen molar-refractivity contribution in [2.75, 3.05) is 13.7 Å². The first-order valence-corrected chi connectivity index (χ1v) is 10.7. The number of aryl methyl sites for hydroxylation is 1. The van der Waals surface area contributed by atoms with Crippen molar-refractivity contribution in [3.63, 3.8) is 0 Å². The second kappa shape index (κ2) is 8.27. The highest BCUT2D eigenvalue weighted by molar-refractivity contribution is 6.32. The molecule has 2 aromatic carbocycles. The summed E-state index contributed by atoms with van der Waals surface area (Å²) in [5, 5.41) is 10.8. The van der Waals surface area contributed by atoms with Gasteiger partial charge in [0.25, 0.3) is 5.91 Å². The SMILES string of the molecule is CCCCCN1C(=O)c2oc3cc(C)c(Cl)cc3c(=O)c2C1c1ccc(O)c(OC)c1. The molecule has 4 rings (SSSR count). The number of ether oxygens (including phenoxy) is 1. The number of halogens is 1. The van der Waals surface area contributed by atoms with Crippen LogP contribution in [0.15, 0.2) is 39.5 Å². The lowest BCUT2D eigenvalue weighted by atomic mass is 9.97. The highest BCUT2D eigenvalue weighted by Gasteiger charge is 2.42. The smallest absolute Gasteiger partial charge is 0.290 e. The van der Waals surface area contributed by atoms with Crippen LogP contribution >= 0.6 is 11.6 Å². The summed E-state index contributed by atoms with van der Waals surface area (Å²) in [6, 6.07) is 7.51. The number of aromatic hydroxyl groups is 1. The molecule has 162 valence electrons. The fourth-order valence-corrected chi connectivity index (χ4v) is 4.28. The van der Waals surface area contributed by atoms with E-state index in [1.54, 1.807) is 29.2 Å². The Morgan fingerprint density at radius 3 is 2.68 bits per heavy atom. The number of amides is 1. The summed E-state index contributed by atoms with van der Waals surface area (Å²) < 4.78 is 11.2. The summed E-state index contributed by atoms with van der Waals surface area (Å²) in [4.78, 5) is 28.5. The zero-order valence-corrected chi connectivity index (χ0v) is 18.5. The van der Waals surface area contributed by atoms with Crippen LogP contribution in [0, 0.1) is 6.92 Å². The molecule has 1 unspecified atom stereocenters. The van der Waals surface area contributed by atoms with Crippen LogP contribution in [-0.4, -0.2) is 29.6 Å². The third-order valence-electron chi connectivity index (χ3n) is 5.77. The Hall–Kier alpha value is -2.99. The minimum Gasteiger partial charge on any atom is -0.504 e. The Morgan fingerprint density at radius 2 is 1.97 bits per heavy atom. The van der Waals surface area contributed by atoms with Gasteiger partial charge in [-0.05, 0) is 48.7 Å². The first kappa shape index (κ1) is 21.2. The lowest BCUT2D eigenvalue weighted by Gasteiger charge is -2.25. The minimum absolute atomic E-state index is 0.0128. The predicted octanol–water partition coefficient (Wildman–Crippen LogP) is 5.20. The number of carbonyl (C=O) groups excluding carboxylic acids is 1. The van der Waals surface area contributed by atoms with Gasteiger partial charge in [0.2, 0.25) is 5.76 Å². The molecule has 31 heavy (non-hydrogen) atoms. The Balaban J connectivity index is 1.95. The second-order valence-electron chi connectivity index (χ2n) is 7.81. The molecule has 0 spiro atoms. The average Bonchev–Trinajstić information content (AvgIpc) is 3.02. The van der Waals surface area contributed by atoms with E-state index in [2.05, 4.69) is 6.92 Å². The number of rotatable bonds is 6. The van der Waals surface area contributed by atoms with E-state index in [4.69, 9.17) is 20.8 Å². The fourth-order valence-electron chi connectivity index (χ4n) is 4.11. The van der Waals surface area contributed by atoms with Gasteiger partial charge < -0.3 is 19.2 Å². The number of unbranched alkanes of at least 4 members (excludes halogenated alkanes) is 2. The second-order valence-corrected chi connectivity index (χ2v) is 8.22. The summed E-state index contributed by atoms with van der Waals surface area (Å²) >= 11 is 6.26. The summed E-state index contributed by atoms with van der Waals surface area (Å²) in [5.41, 5.74) is 1.80. The van der Waals surface area contributed by atoms with E-state index in [0.29, 0.717) is 33.7 Å². The van der Waals surface area contributed by atoms with Crippen molar-refractivity contribution in [2.24, 2.45) is 0 Å². The van der Waals surface area contributed by atoms with Gasteiger partial charge in [0.1, 0.15) is 5.58 Å². The molecular formula is C24H24ClNO5. The fraction of sp³-hybridized carbons (Fsp3) is 0.333. The van der Waals surface area contributed by atoms with Crippen LogP contribution in [0.25, 0.3) is 11.0 Å². The van der Waals surface area contributed by atoms with Crippen LogP contribution in [-0.2, 0) is 0 Å². The third-order valence-corrected chi connectivity index (χ3v) is 6.18. The van der Waals surface area contributed by atoms with Crippen molar-refractivity contribution < 1.29 is 19.1 Å². The number of benzene rings is 2. The van der Waals surface area contributed by atoms with Crippen molar-refractivity contribution in [3.8, 4) is 11.5 Å². The molecule has 1 atom stereocenters. The molecule has 1 amide bonds. The molecule has 6 nitrogen and oxygen atoms in total. The standard InChI is InChI=1S/C24H24ClNO5/c1-4-5-6-9-26-21(14-7-8-17(27)19(11-14)30-3)20-22(28)15-12-16(25)13(2)10-18(15)31-23(20)24(26)29/h7-8,10-12,21,27H,4-6,9H2,1-3H3. The minimum atomic E-state index is -0.630. The quantitative estimate of drug-likeness (QED) is 0.531. The summed E-state index contributed by atoms with van der Waals surface area (Å²) in [6.45, 7) is 4.40. The molecule has 0 radical (unpaired) electrons. The number of hydrogen-bond acceptors (Lipinski definition) is 5. The maximum atomic E-state index is 13.5. The number of methoxy groups -OCH3 is 1. The van der Waals surface area contributed by atoms with Crippen LogP contribution in [0.2, 0.25) is 5.02 Å². The van der Waals surface area contributed by atoms with Crippen LogP contribution < -0.4 is 10.2 Å². The number of carbonyl (C=O) groups is 1. The van der Waals surface area contributed by atoms with Crippen LogP contribution in [0.4, 0.5) is 0 Å². The van der Waals surface area contributed by atoms with Gasteiger partial charge in [0.05, 0.1) is 24.1 Å². The molecule has 1 aromatic heterocycles. The van der Waals surface area contributed by atoms with Gasteiger partial charge in [0, 0.05) is 11.6 Å². The number of phenolic OH excluding ortho intramolecular Hbond substituents is 1. The van der Waals surface area contributed by atoms with E-state index in [0.717, 1.165) is 24.8 Å². The zero-order chi connectivity index (χ0) is 22.3. The largest absolute Gasteiger partial charge is 0.504 e. The van der Waals surface area contributed by atoms with Crippen LogP contribution in [0.5, 0.6) is 11.5 Å². The van der Waals surface area contributed by atoms with Crippen LogP contribution in [0.3, 0.4) is 0 Å². The van der Waals surface area contributed by atoms with Crippen molar-refractivity contribution in [2.45, 2.75) is 39.2 Å². The molecule has 1 aliphatic rings. The van der Waals surface area contributed by atoms with Crippen LogP contribution in [0.1, 0.15) is 59.5 Å². The highest BCUT2D eigenvalue weighted by atomic mass is 35.5. The van der Waals surface area contributed by atoms with E-state index in [-0.39, 0.29) is 28.6 Å². The maximum Gasteiger partial charge on any atom is 0.290 e. The van der Waals surface area contributed by atoms with Gasteiger partial charge in [-0.15, -0.1) is 0 Å². The third kappa shape index (κ3) is 3.55. The van der Waals surface area contributed by atoms with E-state index >= 15 is 0 Å². The first-order chi connectivity index (χ1) is 14.9. The molecule has 1 aliphatic heterocycles. The van der Waals surface area contributed by atoms with Crippen molar-refractivity contribution in [1.82, 2.24) is 4.90 Å². The maximum absolute atomic E-state index is 13.5. The lowest BCUT2D eigenvalue weighted by molar-refractivity contribution is 0.0724. The summed E-state index contributed by atoms with van der Waals surface area (Å²) in [6.07, 6.45) is 2.77. The molecule has 7 heteroatoms. The van der Waals surface area contributed by atoms with Crippen molar-refractivity contribution in [3.05, 3.63) is 68.0 Å². The summed E-state index contributed by atoms with van der Waals surface area (Å²) in [5.74, 6) is 0.0133. The molecule has 0 saturated carbocycles. The van der Waals surface area contributed by atoms with Gasteiger partial charge in [-0.1, -0.05) is 37.4 Å². The number of nitrogens with zero attached hydrogens (tertiary/aromatic N) is 1. The van der Waals surface area contributed by atoms with E-state index in [1.807, 2.05) is 6.92 Å². The Morgan fingerprint density at radius 1 is 1.19 bits per heavy atom. The first-order valence-electron chi connectivity index (χ1n) is 10.3. The molecule has 0 aliphatic carbocycles. The molecule has 0 bridgehead atoms. The molecular weight excluding hydrogens is 418 g/mol. The topological polar surface area (TPSA) is 80.0 Å². The number of phenols is 1. The Labute approximate surface area is 185 Å². The van der Waals surface area contributed by atoms with Gasteiger partial charge in [-0.3, -0.25) is 9.59 Å². The van der Waals surface area contributed by atoms with Gasteiger partial charge in [0.15, 0.2) is 16.9 Å². The molecule has 0 saturated heterocycles. The summed E-state index contributed by atoms with van der Waals surface area (Å²) in [7, 11) is 1.46. The molecule has 0 fully saturated rings. The van der Waals surface area contributed by atoms with Gasteiger partial charge >= 0.3 is 0 Å². The molecule has 2 heterocycles. The monoisotopic (exact) mass is 441 g/mol. The number of hydrogen-bond donors (Lipinski definition) is 1. The normalized spacial score (nSPS) is 15.5. The highest BCUT2D eigenvalue weighted by Crippen LogP contribution is 2.41. The van der Waals surface area contributed by atoms with Gasteiger partial charge in [-0.25, -0.2) is 0 Å². The van der Waals surface area contributed by atoms with E-state index in [9.17, 15) is 14.7 Å². The average molecular weight is 442 g/mol. The number of fused-ring (bicyclic) bond motifs is 2. The molecule has 1 N–H and O–H groups in total. The van der Waals surface area contributed by atoms with E-state index < -0.39 is 6.04 Å². The lowest BCUT2D eigenvalue weighted by Crippen LogP contribution is -2.30. The zero-order valence-electron chi connectivity index (χ0n) is 17.7. The van der Waals surface area contributed by atoms with Gasteiger partial charge in [-0.2, -0.15) is 0 Å². The predicted molar refractivity (Wildman–Crippen MR) is 119 cm³/mol. The van der Waals surface area contributed by atoms with E-state index in [1.165, 1.54) is 13.2 Å². The van der Waals surface area contributed by atoms with Crippen molar-refractivity contribution in [1.29, 1.82) is 0 Å².